The molecule has 28 heavy (non-hydrogen) atoms. The van der Waals surface area contributed by atoms with Crippen LogP contribution in [-0.2, 0) is 11.3 Å². The summed E-state index contributed by atoms with van der Waals surface area (Å²) in [7, 11) is 0. The van der Waals surface area contributed by atoms with Crippen LogP contribution in [0.4, 0.5) is 0 Å². The lowest BCUT2D eigenvalue weighted by atomic mass is 9.98. The summed E-state index contributed by atoms with van der Waals surface area (Å²) in [6.07, 6.45) is 3.25. The molecule has 0 atom stereocenters. The van der Waals surface area contributed by atoms with Crippen molar-refractivity contribution in [2.24, 2.45) is 0 Å². The summed E-state index contributed by atoms with van der Waals surface area (Å²) in [4.78, 5) is 17.0. The molecule has 4 nitrogen and oxygen atoms in total. The van der Waals surface area contributed by atoms with Gasteiger partial charge in [-0.15, -0.1) is 0 Å². The monoisotopic (exact) mass is 368 g/mol. The first-order chi connectivity index (χ1) is 13.8. The van der Waals surface area contributed by atoms with Gasteiger partial charge in [0.05, 0.1) is 18.6 Å². The first-order valence-electron chi connectivity index (χ1n) is 9.15. The summed E-state index contributed by atoms with van der Waals surface area (Å²) in [5.41, 5.74) is 3.52. The number of rotatable bonds is 6. The number of hydrogen-bond donors (Lipinski definition) is 0. The van der Waals surface area contributed by atoms with Crippen molar-refractivity contribution in [1.29, 1.82) is 0 Å². The van der Waals surface area contributed by atoms with E-state index in [4.69, 9.17) is 4.74 Å². The number of nitrogens with zero attached hydrogens (tertiary/aromatic N) is 2. The Kier molecular flexibility index (Phi) is 5.29. The minimum Gasteiger partial charge on any atom is -0.456 e. The maximum absolute atomic E-state index is 12.8. The zero-order valence-electron chi connectivity index (χ0n) is 15.3. The van der Waals surface area contributed by atoms with E-state index in [-0.39, 0.29) is 12.6 Å². The molecule has 4 aromatic rings. The number of esters is 1. The van der Waals surface area contributed by atoms with E-state index >= 15 is 0 Å². The fraction of sp³-hybridized carbons (Fsp3) is 0.0833. The molecule has 0 fully saturated rings. The number of imidazole rings is 1. The van der Waals surface area contributed by atoms with Gasteiger partial charge in [-0.3, -0.25) is 0 Å². The molecule has 0 unspecified atom stereocenters. The van der Waals surface area contributed by atoms with Crippen molar-refractivity contribution >= 4 is 5.97 Å². The van der Waals surface area contributed by atoms with Crippen LogP contribution >= 0.6 is 0 Å². The van der Waals surface area contributed by atoms with E-state index in [2.05, 4.69) is 29.2 Å². The molecule has 4 rings (SSSR count). The molecule has 4 heteroatoms. The number of hydrogen-bond acceptors (Lipinski definition) is 3. The van der Waals surface area contributed by atoms with Gasteiger partial charge in [0.1, 0.15) is 12.3 Å². The predicted molar refractivity (Wildman–Crippen MR) is 108 cm³/mol. The molecule has 0 aliphatic carbocycles. The van der Waals surface area contributed by atoms with Gasteiger partial charge in [0.25, 0.3) is 0 Å². The lowest BCUT2D eigenvalue weighted by molar-refractivity contribution is 0.0459. The molecule has 1 aromatic heterocycles. The van der Waals surface area contributed by atoms with E-state index in [9.17, 15) is 4.79 Å². The largest absolute Gasteiger partial charge is 0.456 e. The molecule has 0 saturated carbocycles. The predicted octanol–water partition coefficient (Wildman–Crippen LogP) is 4.88. The van der Waals surface area contributed by atoms with Crippen molar-refractivity contribution in [3.8, 4) is 0 Å². The highest BCUT2D eigenvalue weighted by Crippen LogP contribution is 2.28. The molecule has 0 aliphatic rings. The van der Waals surface area contributed by atoms with Crippen molar-refractivity contribution in [2.75, 3.05) is 0 Å². The fourth-order valence-electron chi connectivity index (χ4n) is 3.25. The van der Waals surface area contributed by atoms with Gasteiger partial charge in [0, 0.05) is 0 Å². The minimum absolute atomic E-state index is 0.163. The van der Waals surface area contributed by atoms with Crippen LogP contribution in [0.25, 0.3) is 0 Å². The molecule has 0 spiro atoms. The standard InChI is InChI=1S/C24H20N2O2/c27-24(28-17-19-10-4-1-5-11-19)22-16-25-18-26(22)23(20-12-6-2-7-13-20)21-14-8-3-9-15-21/h1-16,18,23H,17H2. The van der Waals surface area contributed by atoms with E-state index in [0.29, 0.717) is 5.69 Å². The molecule has 0 aliphatic heterocycles. The first kappa shape index (κ1) is 17.7. The van der Waals surface area contributed by atoms with Gasteiger partial charge in [-0.2, -0.15) is 0 Å². The topological polar surface area (TPSA) is 44.1 Å². The molecular formula is C24H20N2O2. The van der Waals surface area contributed by atoms with Crippen molar-refractivity contribution in [2.45, 2.75) is 12.6 Å². The van der Waals surface area contributed by atoms with Crippen LogP contribution in [0.3, 0.4) is 0 Å². The van der Waals surface area contributed by atoms with Gasteiger partial charge in [-0.1, -0.05) is 91.0 Å². The van der Waals surface area contributed by atoms with Crippen LogP contribution in [0.15, 0.2) is 104 Å². The quantitative estimate of drug-likeness (QED) is 0.456. The van der Waals surface area contributed by atoms with Crippen LogP contribution in [0.2, 0.25) is 0 Å². The summed E-state index contributed by atoms with van der Waals surface area (Å²) in [5, 5.41) is 0. The van der Waals surface area contributed by atoms with Crippen molar-refractivity contribution in [1.82, 2.24) is 9.55 Å². The lowest BCUT2D eigenvalue weighted by Crippen LogP contribution is -2.18. The highest BCUT2D eigenvalue weighted by Gasteiger charge is 2.22. The fourth-order valence-corrected chi connectivity index (χ4v) is 3.25. The molecule has 1 heterocycles. The summed E-state index contributed by atoms with van der Waals surface area (Å²) in [6, 6.07) is 29.6. The third-order valence-corrected chi connectivity index (χ3v) is 4.60. The number of benzene rings is 3. The molecule has 3 aromatic carbocycles. The molecule has 138 valence electrons. The Morgan fingerprint density at radius 1 is 0.821 bits per heavy atom. The highest BCUT2D eigenvalue weighted by atomic mass is 16.5. The molecule has 0 bridgehead atoms. The number of carbonyl (C=O) groups is 1. The summed E-state index contributed by atoms with van der Waals surface area (Å²) < 4.78 is 7.41. The second-order valence-corrected chi connectivity index (χ2v) is 6.47. The third kappa shape index (κ3) is 3.86. The van der Waals surface area contributed by atoms with E-state index < -0.39 is 5.97 Å². The van der Waals surface area contributed by atoms with Crippen LogP contribution < -0.4 is 0 Å². The Hall–Kier alpha value is -3.66. The van der Waals surface area contributed by atoms with Gasteiger partial charge in [-0.05, 0) is 16.7 Å². The Balaban J connectivity index is 1.65. The smallest absolute Gasteiger partial charge is 0.356 e. The molecule has 0 N–H and O–H groups in total. The van der Waals surface area contributed by atoms with E-state index in [1.807, 2.05) is 71.3 Å². The molecule has 0 radical (unpaired) electrons. The summed E-state index contributed by atoms with van der Waals surface area (Å²) >= 11 is 0. The minimum atomic E-state index is -0.391. The zero-order chi connectivity index (χ0) is 19.2. The van der Waals surface area contributed by atoms with E-state index in [0.717, 1.165) is 16.7 Å². The second kappa shape index (κ2) is 8.35. The van der Waals surface area contributed by atoms with Gasteiger partial charge in [0.15, 0.2) is 0 Å². The molecule has 0 saturated heterocycles. The average molecular weight is 368 g/mol. The maximum atomic E-state index is 12.8. The molecule has 0 amide bonds. The second-order valence-electron chi connectivity index (χ2n) is 6.47. The van der Waals surface area contributed by atoms with Crippen LogP contribution in [0.1, 0.15) is 33.2 Å². The Morgan fingerprint density at radius 3 is 1.93 bits per heavy atom. The van der Waals surface area contributed by atoms with Gasteiger partial charge in [-0.25, -0.2) is 9.78 Å². The van der Waals surface area contributed by atoms with Crippen LogP contribution in [-0.4, -0.2) is 15.5 Å². The van der Waals surface area contributed by atoms with Crippen LogP contribution in [0.5, 0.6) is 0 Å². The summed E-state index contributed by atoms with van der Waals surface area (Å²) in [5.74, 6) is -0.391. The van der Waals surface area contributed by atoms with Crippen molar-refractivity contribution in [3.05, 3.63) is 126 Å². The van der Waals surface area contributed by atoms with E-state index in [1.165, 1.54) is 0 Å². The number of ether oxygens (including phenoxy) is 1. The SMILES string of the molecule is O=C(OCc1ccccc1)c1cncn1C(c1ccccc1)c1ccccc1. The van der Waals surface area contributed by atoms with Gasteiger partial charge < -0.3 is 9.30 Å². The highest BCUT2D eigenvalue weighted by molar-refractivity contribution is 5.87. The Labute approximate surface area is 164 Å². The number of carbonyl (C=O) groups excluding carboxylic acids is 1. The van der Waals surface area contributed by atoms with Crippen LogP contribution in [0, 0.1) is 0 Å². The average Bonchev–Trinajstić information content (AvgIpc) is 3.24. The Bertz CT molecular complexity index is 988. The molecular weight excluding hydrogens is 348 g/mol. The zero-order valence-corrected chi connectivity index (χ0v) is 15.3. The summed E-state index contributed by atoms with van der Waals surface area (Å²) in [6.45, 7) is 0.228. The lowest BCUT2D eigenvalue weighted by Gasteiger charge is -2.21. The van der Waals surface area contributed by atoms with Crippen molar-refractivity contribution < 1.29 is 9.53 Å². The van der Waals surface area contributed by atoms with Gasteiger partial charge in [0.2, 0.25) is 0 Å². The maximum Gasteiger partial charge on any atom is 0.356 e. The normalized spacial score (nSPS) is 10.8. The Morgan fingerprint density at radius 2 is 1.36 bits per heavy atom. The van der Waals surface area contributed by atoms with E-state index in [1.54, 1.807) is 12.5 Å². The number of aromatic nitrogens is 2. The van der Waals surface area contributed by atoms with Gasteiger partial charge >= 0.3 is 5.97 Å². The van der Waals surface area contributed by atoms with Crippen molar-refractivity contribution in [3.63, 3.8) is 0 Å². The first-order valence-corrected chi connectivity index (χ1v) is 9.15. The third-order valence-electron chi connectivity index (χ3n) is 4.60.